The predicted molar refractivity (Wildman–Crippen MR) is 168 cm³/mol. The van der Waals surface area contributed by atoms with E-state index in [2.05, 4.69) is 0 Å². The Kier molecular flexibility index (Phi) is 9.60. The zero-order chi connectivity index (χ0) is 33.1. The molecular formula is C33H60N4O6. The van der Waals surface area contributed by atoms with Crippen LogP contribution in [0.3, 0.4) is 0 Å². The molecule has 10 heteroatoms. The number of hydrogen-bond acceptors (Lipinski definition) is 7. The smallest absolute Gasteiger partial charge is 0.336 e. The van der Waals surface area contributed by atoms with Crippen molar-refractivity contribution in [2.45, 2.75) is 193 Å². The molecule has 3 aliphatic heterocycles. The molecular weight excluding hydrogens is 548 g/mol. The fourth-order valence-electron chi connectivity index (χ4n) is 9.54. The highest BCUT2D eigenvalue weighted by Gasteiger charge is 2.61. The van der Waals surface area contributed by atoms with E-state index < -0.39 is 69.6 Å². The topological polar surface area (TPSA) is 125 Å². The second-order valence-electron chi connectivity index (χ2n) is 17.1. The maximum absolute atomic E-state index is 13.8. The number of nitrogens with zero attached hydrogens (tertiary/aromatic N) is 4. The second-order valence-corrected chi connectivity index (χ2v) is 17.1. The molecule has 0 bridgehead atoms. The van der Waals surface area contributed by atoms with Gasteiger partial charge in [0.15, 0.2) is 18.5 Å². The van der Waals surface area contributed by atoms with Gasteiger partial charge < -0.3 is 15.3 Å². The summed E-state index contributed by atoms with van der Waals surface area (Å²) in [7, 11) is 0. The molecule has 0 aromatic heterocycles. The van der Waals surface area contributed by atoms with Crippen LogP contribution in [0.2, 0.25) is 0 Å². The van der Waals surface area contributed by atoms with Crippen molar-refractivity contribution in [1.82, 2.24) is 19.6 Å². The minimum atomic E-state index is -1.52. The van der Waals surface area contributed by atoms with E-state index in [1.54, 1.807) is 0 Å². The summed E-state index contributed by atoms with van der Waals surface area (Å²) in [4.78, 5) is 48.4. The molecule has 0 saturated carbocycles. The van der Waals surface area contributed by atoms with Crippen LogP contribution in [0.25, 0.3) is 0 Å². The molecule has 0 aromatic rings. The van der Waals surface area contributed by atoms with Crippen LogP contribution >= 0.6 is 0 Å². The van der Waals surface area contributed by atoms with E-state index in [-0.39, 0.29) is 0 Å². The van der Waals surface area contributed by atoms with Crippen LogP contribution < -0.4 is 0 Å². The molecule has 3 rings (SSSR count). The SMILES string of the molecule is CC1(C)CCCC(C)(C)N1C(C(=O)O)N(C(C(=O)O)N1C(C)(C)CCCC1(C)C)C(C(=O)O)N1C(C)(C)CCCC1(C)C. The molecule has 10 nitrogen and oxygen atoms in total. The van der Waals surface area contributed by atoms with Crippen molar-refractivity contribution in [3.63, 3.8) is 0 Å². The van der Waals surface area contributed by atoms with E-state index in [0.717, 1.165) is 19.3 Å². The van der Waals surface area contributed by atoms with Gasteiger partial charge in [-0.05, 0) is 141 Å². The minimum Gasteiger partial charge on any atom is -0.479 e. The highest BCUT2D eigenvalue weighted by Crippen LogP contribution is 2.47. The summed E-state index contributed by atoms with van der Waals surface area (Å²) >= 11 is 0. The third-order valence-electron chi connectivity index (χ3n) is 10.9. The van der Waals surface area contributed by atoms with Crippen molar-refractivity contribution < 1.29 is 29.7 Å². The van der Waals surface area contributed by atoms with Gasteiger partial charge in [-0.15, -0.1) is 0 Å². The quantitative estimate of drug-likeness (QED) is 0.302. The van der Waals surface area contributed by atoms with Crippen LogP contribution in [0.15, 0.2) is 0 Å². The molecule has 43 heavy (non-hydrogen) atoms. The van der Waals surface area contributed by atoms with Crippen LogP contribution in [-0.2, 0) is 14.4 Å². The van der Waals surface area contributed by atoms with Crippen LogP contribution in [-0.4, -0.2) is 105 Å². The first-order valence-electron chi connectivity index (χ1n) is 16.2. The van der Waals surface area contributed by atoms with E-state index in [1.807, 2.05) is 97.8 Å². The van der Waals surface area contributed by atoms with Crippen molar-refractivity contribution in [2.24, 2.45) is 0 Å². The number of carboxylic acids is 3. The molecule has 3 saturated heterocycles. The Labute approximate surface area is 259 Å². The number of aliphatic carboxylic acids is 3. The lowest BCUT2D eigenvalue weighted by Gasteiger charge is -2.64. The van der Waals surface area contributed by atoms with Gasteiger partial charge in [-0.1, -0.05) is 0 Å². The Bertz CT molecular complexity index is 900. The van der Waals surface area contributed by atoms with Crippen molar-refractivity contribution in [1.29, 1.82) is 0 Å². The molecule has 3 unspecified atom stereocenters. The van der Waals surface area contributed by atoms with Gasteiger partial charge in [0.1, 0.15) is 0 Å². The Morgan fingerprint density at radius 3 is 0.744 bits per heavy atom. The van der Waals surface area contributed by atoms with E-state index in [0.29, 0.717) is 38.5 Å². The zero-order valence-corrected chi connectivity index (χ0v) is 29.0. The molecule has 3 heterocycles. The van der Waals surface area contributed by atoms with Gasteiger partial charge in [-0.25, -0.2) is 19.3 Å². The first-order chi connectivity index (χ1) is 19.3. The molecule has 248 valence electrons. The third kappa shape index (κ3) is 6.63. The predicted octanol–water partition coefficient (Wildman–Crippen LogP) is 5.65. The highest BCUT2D eigenvalue weighted by molar-refractivity contribution is 5.81. The molecule has 3 N–H and O–H groups in total. The maximum Gasteiger partial charge on any atom is 0.336 e. The summed E-state index contributed by atoms with van der Waals surface area (Å²) in [5.74, 6) is -3.71. The molecule has 3 aliphatic rings. The molecule has 3 fully saturated rings. The maximum atomic E-state index is 13.8. The number of likely N-dealkylation sites (tertiary alicyclic amines) is 3. The lowest BCUT2D eigenvalue weighted by atomic mass is 9.77. The van der Waals surface area contributed by atoms with Gasteiger partial charge in [0.25, 0.3) is 0 Å². The summed E-state index contributed by atoms with van der Waals surface area (Å²) in [6.45, 7) is 24.0. The van der Waals surface area contributed by atoms with Gasteiger partial charge in [-0.3, -0.25) is 14.7 Å². The molecule has 0 radical (unpaired) electrons. The van der Waals surface area contributed by atoms with E-state index >= 15 is 0 Å². The van der Waals surface area contributed by atoms with Gasteiger partial charge in [0, 0.05) is 33.2 Å². The molecule has 0 amide bonds. The van der Waals surface area contributed by atoms with Gasteiger partial charge in [0.2, 0.25) is 0 Å². The fraction of sp³-hybridized carbons (Fsp3) is 0.909. The second kappa shape index (κ2) is 11.6. The molecule has 0 aromatic carbocycles. The van der Waals surface area contributed by atoms with Crippen LogP contribution in [0.1, 0.15) is 141 Å². The Balaban J connectivity index is 2.48. The normalized spacial score (nSPS) is 29.0. The average Bonchev–Trinajstić information content (AvgIpc) is 2.77. The minimum absolute atomic E-state index is 0.630. The number of rotatable bonds is 9. The summed E-state index contributed by atoms with van der Waals surface area (Å²) in [6, 6.07) is 0. The number of carboxylic acid groups (broad SMARTS) is 3. The fourth-order valence-corrected chi connectivity index (χ4v) is 9.54. The zero-order valence-electron chi connectivity index (χ0n) is 29.0. The van der Waals surface area contributed by atoms with Gasteiger partial charge in [-0.2, -0.15) is 0 Å². The van der Waals surface area contributed by atoms with Gasteiger partial charge in [0.05, 0.1) is 0 Å². The average molecular weight is 609 g/mol. The lowest BCUT2D eigenvalue weighted by Crippen LogP contribution is -2.80. The van der Waals surface area contributed by atoms with Crippen LogP contribution in [0.4, 0.5) is 0 Å². The summed E-state index contributed by atoms with van der Waals surface area (Å²) in [5, 5.41) is 33.7. The largest absolute Gasteiger partial charge is 0.479 e. The molecule has 0 aliphatic carbocycles. The number of carbonyl (C=O) groups is 3. The third-order valence-corrected chi connectivity index (χ3v) is 10.9. The van der Waals surface area contributed by atoms with E-state index in [1.165, 1.54) is 4.90 Å². The lowest BCUT2D eigenvalue weighted by molar-refractivity contribution is -0.238. The van der Waals surface area contributed by atoms with E-state index in [9.17, 15) is 29.7 Å². The Hall–Kier alpha value is -1.75. The van der Waals surface area contributed by atoms with E-state index in [4.69, 9.17) is 0 Å². The van der Waals surface area contributed by atoms with Crippen molar-refractivity contribution in [2.75, 3.05) is 0 Å². The summed E-state index contributed by atoms with van der Waals surface area (Å²) in [5.41, 5.74) is -3.78. The Morgan fingerprint density at radius 1 is 0.442 bits per heavy atom. The number of hydrogen-bond donors (Lipinski definition) is 3. The molecule has 0 spiro atoms. The monoisotopic (exact) mass is 608 g/mol. The summed E-state index contributed by atoms with van der Waals surface area (Å²) in [6.07, 6.45) is 2.41. The highest BCUT2D eigenvalue weighted by atomic mass is 16.4. The van der Waals surface area contributed by atoms with Crippen molar-refractivity contribution in [3.8, 4) is 0 Å². The van der Waals surface area contributed by atoms with Crippen LogP contribution in [0, 0.1) is 0 Å². The number of piperidine rings is 3. The summed E-state index contributed by atoms with van der Waals surface area (Å²) < 4.78 is 0. The first kappa shape index (κ1) is 35.7. The Morgan fingerprint density at radius 2 is 0.605 bits per heavy atom. The van der Waals surface area contributed by atoms with Gasteiger partial charge >= 0.3 is 17.9 Å². The standard InChI is InChI=1S/C33H60N4O6/c1-28(2)16-13-17-29(3,4)35(28)22(25(38)39)34(23(26(40)41)36-30(5,6)18-14-19-31(36,7)8)24(27(42)43)37-32(9,10)20-15-21-33(37,11)12/h22-24H,13-21H2,1-12H3,(H,38,39)(H,40,41)(H,42,43). The molecule has 3 atom stereocenters. The first-order valence-corrected chi connectivity index (χ1v) is 16.2. The van der Waals surface area contributed by atoms with Crippen LogP contribution in [0.5, 0.6) is 0 Å². The van der Waals surface area contributed by atoms with Crippen molar-refractivity contribution >= 4 is 17.9 Å². The van der Waals surface area contributed by atoms with Crippen molar-refractivity contribution in [3.05, 3.63) is 0 Å².